The van der Waals surface area contributed by atoms with E-state index < -0.39 is 17.3 Å². The molecule has 1 aliphatic rings. The van der Waals surface area contributed by atoms with Crippen LogP contribution in [-0.4, -0.2) is 40.8 Å². The molecule has 2 rings (SSSR count). The van der Waals surface area contributed by atoms with Crippen molar-refractivity contribution in [2.24, 2.45) is 0 Å². The molecule has 158 valence electrons. The van der Waals surface area contributed by atoms with E-state index in [9.17, 15) is 18.0 Å². The van der Waals surface area contributed by atoms with Gasteiger partial charge in [0.15, 0.2) is 0 Å². The van der Waals surface area contributed by atoms with Gasteiger partial charge in [-0.15, -0.1) is 0 Å². The molecule has 1 saturated heterocycles. The van der Waals surface area contributed by atoms with Crippen LogP contribution in [0.25, 0.3) is 0 Å². The summed E-state index contributed by atoms with van der Waals surface area (Å²) >= 11 is 5.83. The highest BCUT2D eigenvalue weighted by atomic mass is 35.5. The first-order valence-corrected chi connectivity index (χ1v) is 9.70. The molecule has 0 bridgehead atoms. The molecule has 1 atom stereocenters. The number of amides is 1. The number of rotatable bonds is 5. The summed E-state index contributed by atoms with van der Waals surface area (Å²) in [5.41, 5.74) is -1.47. The number of likely N-dealkylation sites (tertiary alicyclic amines) is 1. The molecule has 0 saturated carbocycles. The Bertz CT molecular complexity index is 677. The minimum Gasteiger partial charge on any atom is -0.477 e. The van der Waals surface area contributed by atoms with E-state index >= 15 is 0 Å². The highest BCUT2D eigenvalue weighted by Gasteiger charge is 2.32. The van der Waals surface area contributed by atoms with Crippen LogP contribution < -0.4 is 4.74 Å². The lowest BCUT2D eigenvalue weighted by atomic mass is 9.98. The molecule has 1 aromatic rings. The first-order chi connectivity index (χ1) is 13.0. The van der Waals surface area contributed by atoms with Crippen molar-refractivity contribution in [1.29, 1.82) is 0 Å². The van der Waals surface area contributed by atoms with Crippen molar-refractivity contribution >= 4 is 17.7 Å². The zero-order chi connectivity index (χ0) is 20.9. The summed E-state index contributed by atoms with van der Waals surface area (Å²) in [7, 11) is 0. The third-order valence-corrected chi connectivity index (χ3v) is 4.58. The molecule has 0 unspecified atom stereocenters. The zero-order valence-corrected chi connectivity index (χ0v) is 17.1. The van der Waals surface area contributed by atoms with E-state index in [1.54, 1.807) is 4.90 Å². The number of pyridine rings is 1. The first kappa shape index (κ1) is 22.6. The molecule has 1 fully saturated rings. The van der Waals surface area contributed by atoms with Gasteiger partial charge in [-0.25, -0.2) is 9.78 Å². The predicted molar refractivity (Wildman–Crippen MR) is 99.6 cm³/mol. The summed E-state index contributed by atoms with van der Waals surface area (Å²) in [5, 5.41) is -0.178. The molecule has 1 aliphatic heterocycles. The summed E-state index contributed by atoms with van der Waals surface area (Å²) in [6, 6.07) is 0.859. The Morgan fingerprint density at radius 2 is 2.04 bits per heavy atom. The number of carbonyl (C=O) groups excluding carboxylic acids is 1. The maximum Gasteiger partial charge on any atom is 0.417 e. The summed E-state index contributed by atoms with van der Waals surface area (Å²) in [5.74, 6) is -0.0256. The molecule has 1 amide bonds. The van der Waals surface area contributed by atoms with Gasteiger partial charge in [0.2, 0.25) is 5.88 Å². The number of halogens is 4. The fourth-order valence-electron chi connectivity index (χ4n) is 3.04. The van der Waals surface area contributed by atoms with Gasteiger partial charge in [0, 0.05) is 18.8 Å². The van der Waals surface area contributed by atoms with Crippen LogP contribution in [0.4, 0.5) is 18.0 Å². The summed E-state index contributed by atoms with van der Waals surface area (Å²) in [4.78, 5) is 17.8. The molecule has 0 aromatic carbocycles. The van der Waals surface area contributed by atoms with Gasteiger partial charge in [0.05, 0.1) is 12.2 Å². The van der Waals surface area contributed by atoms with Crippen molar-refractivity contribution in [3.8, 4) is 5.88 Å². The van der Waals surface area contributed by atoms with E-state index in [2.05, 4.69) is 4.98 Å². The van der Waals surface area contributed by atoms with Gasteiger partial charge < -0.3 is 14.4 Å². The number of aromatic nitrogens is 1. The summed E-state index contributed by atoms with van der Waals surface area (Å²) < 4.78 is 48.8. The Morgan fingerprint density at radius 3 is 2.64 bits per heavy atom. The van der Waals surface area contributed by atoms with Crippen LogP contribution in [0.3, 0.4) is 0 Å². The maximum atomic E-state index is 12.6. The van der Waals surface area contributed by atoms with Gasteiger partial charge in [-0.2, -0.15) is 13.2 Å². The third-order valence-electron chi connectivity index (χ3n) is 4.31. The fourth-order valence-corrected chi connectivity index (χ4v) is 3.26. The van der Waals surface area contributed by atoms with Crippen LogP contribution in [0.5, 0.6) is 5.88 Å². The molecule has 2 heterocycles. The van der Waals surface area contributed by atoms with Crippen LogP contribution in [-0.2, 0) is 10.9 Å². The Kier molecular flexibility index (Phi) is 7.42. The van der Waals surface area contributed by atoms with Gasteiger partial charge >= 0.3 is 12.3 Å². The van der Waals surface area contributed by atoms with Crippen LogP contribution in [0.15, 0.2) is 12.3 Å². The second-order valence-corrected chi connectivity index (χ2v) is 8.23. The maximum absolute atomic E-state index is 12.6. The van der Waals surface area contributed by atoms with Gasteiger partial charge in [0.25, 0.3) is 0 Å². The molecule has 0 spiro atoms. The van der Waals surface area contributed by atoms with E-state index in [4.69, 9.17) is 21.1 Å². The summed E-state index contributed by atoms with van der Waals surface area (Å²) in [6.45, 7) is 6.40. The van der Waals surface area contributed by atoms with Crippen LogP contribution >= 0.6 is 11.6 Å². The molecular formula is C19H26ClF3N2O3. The average Bonchev–Trinajstić information content (AvgIpc) is 2.57. The van der Waals surface area contributed by atoms with Crippen molar-refractivity contribution in [2.45, 2.75) is 70.7 Å². The molecule has 28 heavy (non-hydrogen) atoms. The monoisotopic (exact) mass is 422 g/mol. The minimum absolute atomic E-state index is 0.0256. The van der Waals surface area contributed by atoms with E-state index in [1.165, 1.54) is 0 Å². The molecule has 9 heteroatoms. The van der Waals surface area contributed by atoms with Crippen LogP contribution in [0.1, 0.15) is 58.4 Å². The topological polar surface area (TPSA) is 51.7 Å². The molecule has 0 radical (unpaired) electrons. The number of piperidine rings is 1. The molecule has 0 aliphatic carbocycles. The number of alkyl halides is 3. The normalized spacial score (nSPS) is 18.1. The minimum atomic E-state index is -4.50. The largest absolute Gasteiger partial charge is 0.477 e. The Morgan fingerprint density at radius 1 is 1.32 bits per heavy atom. The van der Waals surface area contributed by atoms with E-state index in [1.807, 2.05) is 20.8 Å². The lowest BCUT2D eigenvalue weighted by Gasteiger charge is -2.36. The molecule has 0 N–H and O–H groups in total. The number of hydrogen-bond acceptors (Lipinski definition) is 4. The lowest BCUT2D eigenvalue weighted by molar-refractivity contribution is -0.137. The predicted octanol–water partition coefficient (Wildman–Crippen LogP) is 5.70. The summed E-state index contributed by atoms with van der Waals surface area (Å²) in [6.07, 6.45) is 0.0759. The van der Waals surface area contributed by atoms with E-state index in [0.29, 0.717) is 25.6 Å². The zero-order valence-electron chi connectivity index (χ0n) is 16.3. The van der Waals surface area contributed by atoms with Gasteiger partial charge in [-0.3, -0.25) is 0 Å². The van der Waals surface area contributed by atoms with Crippen molar-refractivity contribution in [1.82, 2.24) is 9.88 Å². The third kappa shape index (κ3) is 6.72. The fraction of sp³-hybridized carbons (Fsp3) is 0.684. The Balaban J connectivity index is 1.85. The number of nitrogens with zero attached hydrogens (tertiary/aromatic N) is 2. The first-order valence-electron chi connectivity index (χ1n) is 9.32. The average molecular weight is 423 g/mol. The molecular weight excluding hydrogens is 397 g/mol. The number of ether oxygens (including phenoxy) is 2. The molecule has 1 aromatic heterocycles. The van der Waals surface area contributed by atoms with Gasteiger partial charge in [-0.05, 0) is 58.9 Å². The van der Waals surface area contributed by atoms with Crippen LogP contribution in [0.2, 0.25) is 5.02 Å². The SMILES string of the molecule is CC(C)(C)OC(=O)N1CCCC[C@@H]1CCCOc1ncc(C(F)(F)F)cc1Cl. The Labute approximate surface area is 168 Å². The van der Waals surface area contributed by atoms with Crippen molar-refractivity contribution in [2.75, 3.05) is 13.2 Å². The van der Waals surface area contributed by atoms with Crippen molar-refractivity contribution in [3.63, 3.8) is 0 Å². The number of hydrogen-bond donors (Lipinski definition) is 0. The van der Waals surface area contributed by atoms with Crippen molar-refractivity contribution in [3.05, 3.63) is 22.8 Å². The lowest BCUT2D eigenvalue weighted by Crippen LogP contribution is -2.46. The second kappa shape index (κ2) is 9.20. The van der Waals surface area contributed by atoms with E-state index in [-0.39, 0.29) is 29.6 Å². The Hall–Kier alpha value is -1.70. The van der Waals surface area contributed by atoms with Gasteiger partial charge in [0.1, 0.15) is 10.6 Å². The quantitative estimate of drug-likeness (QED) is 0.571. The van der Waals surface area contributed by atoms with Crippen molar-refractivity contribution < 1.29 is 27.4 Å². The van der Waals surface area contributed by atoms with E-state index in [0.717, 1.165) is 25.3 Å². The molecule has 5 nitrogen and oxygen atoms in total. The van der Waals surface area contributed by atoms with Gasteiger partial charge in [-0.1, -0.05) is 11.6 Å². The standard InChI is InChI=1S/C19H26ClF3N2O3/c1-18(2,3)28-17(26)25-9-5-4-7-14(25)8-6-10-27-16-15(20)11-13(12-24-16)19(21,22)23/h11-12,14H,4-10H2,1-3H3/t14-/m1/s1. The highest BCUT2D eigenvalue weighted by molar-refractivity contribution is 6.31. The second-order valence-electron chi connectivity index (χ2n) is 7.82. The number of carbonyl (C=O) groups is 1. The smallest absolute Gasteiger partial charge is 0.417 e. The van der Waals surface area contributed by atoms with Crippen LogP contribution in [0, 0.1) is 0 Å². The highest BCUT2D eigenvalue weighted by Crippen LogP contribution is 2.33.